The molecule has 0 spiro atoms. The molecule has 0 saturated carbocycles. The number of aromatic nitrogens is 8. The van der Waals surface area contributed by atoms with Gasteiger partial charge in [0.1, 0.15) is 5.69 Å². The zero-order valence-electron chi connectivity index (χ0n) is 13.0. The first-order chi connectivity index (χ1) is 12.4. The normalized spacial score (nSPS) is 11.4. The fourth-order valence-electron chi connectivity index (χ4n) is 2.79. The Morgan fingerprint density at radius 1 is 1.04 bits per heavy atom. The Hall–Kier alpha value is -3.68. The van der Waals surface area contributed by atoms with E-state index in [4.69, 9.17) is 0 Å². The van der Waals surface area contributed by atoms with Crippen molar-refractivity contribution in [3.05, 3.63) is 66.5 Å². The van der Waals surface area contributed by atoms with E-state index in [9.17, 15) is 0 Å². The van der Waals surface area contributed by atoms with Gasteiger partial charge in [0, 0.05) is 29.8 Å². The first kappa shape index (κ1) is 13.7. The molecule has 0 atom stereocenters. The number of aromatic amines is 1. The Bertz CT molecular complexity index is 1180. The highest BCUT2D eigenvalue weighted by Gasteiger charge is 2.11. The summed E-state index contributed by atoms with van der Waals surface area (Å²) in [6, 6.07) is 10.1. The van der Waals surface area contributed by atoms with Crippen LogP contribution in [0.15, 0.2) is 55.1 Å². The Balaban J connectivity index is 1.56. The average molecular weight is 328 g/mol. The summed E-state index contributed by atoms with van der Waals surface area (Å²) < 4.78 is 1.68. The summed E-state index contributed by atoms with van der Waals surface area (Å²) in [5.74, 6) is 1.21. The third-order valence-corrected chi connectivity index (χ3v) is 4.02. The van der Waals surface area contributed by atoms with E-state index in [0.29, 0.717) is 17.9 Å². The summed E-state index contributed by atoms with van der Waals surface area (Å²) in [4.78, 5) is 8.67. The summed E-state index contributed by atoms with van der Waals surface area (Å²) in [6.45, 7) is 0. The van der Waals surface area contributed by atoms with E-state index in [1.807, 2.05) is 24.3 Å². The molecule has 0 bridgehead atoms. The number of rotatable bonds is 3. The zero-order chi connectivity index (χ0) is 16.6. The molecule has 25 heavy (non-hydrogen) atoms. The highest BCUT2D eigenvalue weighted by atomic mass is 15.4. The van der Waals surface area contributed by atoms with E-state index in [0.717, 1.165) is 27.9 Å². The van der Waals surface area contributed by atoms with Crippen LogP contribution in [0.4, 0.5) is 0 Å². The van der Waals surface area contributed by atoms with Gasteiger partial charge in [-0.05, 0) is 23.8 Å². The SMILES string of the molecule is c1cnc2ccc(Cc3nnc4ncc(-c5cn[nH]c5)nn34)cc2c1. The lowest BCUT2D eigenvalue weighted by Crippen LogP contribution is -2.02. The van der Waals surface area contributed by atoms with Gasteiger partial charge in [0.25, 0.3) is 5.78 Å². The maximum atomic E-state index is 4.59. The van der Waals surface area contributed by atoms with Crippen molar-refractivity contribution in [2.24, 2.45) is 0 Å². The fraction of sp³-hybridized carbons (Fsp3) is 0.0588. The molecule has 0 unspecified atom stereocenters. The maximum absolute atomic E-state index is 4.59. The number of H-pyrrole nitrogens is 1. The number of nitrogens with zero attached hydrogens (tertiary/aromatic N) is 7. The molecule has 0 aliphatic heterocycles. The molecular formula is C17H12N8. The van der Waals surface area contributed by atoms with E-state index in [1.54, 1.807) is 29.3 Å². The number of pyridine rings is 1. The summed E-state index contributed by atoms with van der Waals surface area (Å²) >= 11 is 0. The van der Waals surface area contributed by atoms with Crippen molar-refractivity contribution >= 4 is 16.7 Å². The number of fused-ring (bicyclic) bond motifs is 2. The molecule has 0 saturated heterocycles. The van der Waals surface area contributed by atoms with Gasteiger partial charge in [0.15, 0.2) is 5.82 Å². The molecule has 0 fully saturated rings. The summed E-state index contributed by atoms with van der Waals surface area (Å²) in [6.07, 6.45) is 7.54. The van der Waals surface area contributed by atoms with E-state index >= 15 is 0 Å². The molecule has 0 amide bonds. The van der Waals surface area contributed by atoms with Gasteiger partial charge in [-0.2, -0.15) is 14.7 Å². The van der Waals surface area contributed by atoms with E-state index in [2.05, 4.69) is 41.5 Å². The fourth-order valence-corrected chi connectivity index (χ4v) is 2.79. The van der Waals surface area contributed by atoms with Gasteiger partial charge in [0.05, 0.1) is 17.9 Å². The van der Waals surface area contributed by atoms with Crippen molar-refractivity contribution in [3.8, 4) is 11.3 Å². The van der Waals surface area contributed by atoms with Gasteiger partial charge in [-0.25, -0.2) is 4.98 Å². The summed E-state index contributed by atoms with van der Waals surface area (Å²) in [5, 5.41) is 20.8. The monoisotopic (exact) mass is 328 g/mol. The largest absolute Gasteiger partial charge is 0.285 e. The number of benzene rings is 1. The second-order valence-electron chi connectivity index (χ2n) is 5.67. The van der Waals surface area contributed by atoms with E-state index in [1.165, 1.54) is 0 Å². The van der Waals surface area contributed by atoms with Crippen LogP contribution < -0.4 is 0 Å². The molecule has 0 aliphatic carbocycles. The van der Waals surface area contributed by atoms with Crippen LogP contribution in [0, 0.1) is 0 Å². The molecule has 1 aromatic carbocycles. The molecule has 8 nitrogen and oxygen atoms in total. The highest BCUT2D eigenvalue weighted by Crippen LogP contribution is 2.17. The van der Waals surface area contributed by atoms with Gasteiger partial charge < -0.3 is 0 Å². The van der Waals surface area contributed by atoms with Crippen molar-refractivity contribution in [1.82, 2.24) is 40.0 Å². The first-order valence-corrected chi connectivity index (χ1v) is 7.77. The van der Waals surface area contributed by atoms with Crippen molar-refractivity contribution in [2.45, 2.75) is 6.42 Å². The third-order valence-electron chi connectivity index (χ3n) is 4.02. The Kier molecular flexibility index (Phi) is 2.99. The smallest absolute Gasteiger partial charge is 0.271 e. The predicted octanol–water partition coefficient (Wildman–Crippen LogP) is 2.05. The Labute approximate surface area is 141 Å². The number of hydrogen-bond donors (Lipinski definition) is 1. The van der Waals surface area contributed by atoms with Gasteiger partial charge in [-0.15, -0.1) is 10.2 Å². The van der Waals surface area contributed by atoms with Crippen LogP contribution in [0.2, 0.25) is 0 Å². The quantitative estimate of drug-likeness (QED) is 0.544. The minimum absolute atomic E-state index is 0.477. The molecule has 120 valence electrons. The first-order valence-electron chi connectivity index (χ1n) is 7.77. The van der Waals surface area contributed by atoms with Crippen LogP contribution in [0.5, 0.6) is 0 Å². The number of hydrogen-bond acceptors (Lipinski definition) is 6. The second-order valence-corrected chi connectivity index (χ2v) is 5.67. The molecule has 1 N–H and O–H groups in total. The molecule has 5 rings (SSSR count). The Morgan fingerprint density at radius 2 is 2.04 bits per heavy atom. The van der Waals surface area contributed by atoms with Gasteiger partial charge in [0.2, 0.25) is 0 Å². The second kappa shape index (κ2) is 5.45. The molecular weight excluding hydrogens is 316 g/mol. The van der Waals surface area contributed by atoms with Crippen LogP contribution in [0.1, 0.15) is 11.4 Å². The van der Waals surface area contributed by atoms with Crippen LogP contribution in [-0.2, 0) is 6.42 Å². The molecule has 4 heterocycles. The lowest BCUT2D eigenvalue weighted by atomic mass is 10.1. The van der Waals surface area contributed by atoms with Crippen molar-refractivity contribution in [3.63, 3.8) is 0 Å². The minimum Gasteiger partial charge on any atom is -0.285 e. The molecule has 8 heteroatoms. The predicted molar refractivity (Wildman–Crippen MR) is 90.7 cm³/mol. The molecule has 0 aliphatic rings. The molecule has 0 radical (unpaired) electrons. The maximum Gasteiger partial charge on any atom is 0.271 e. The standard InChI is InChI=1S/C17H12N8/c1-2-12-6-11(3-4-14(12)18-5-1)7-16-22-23-17-19-10-15(24-25(16)17)13-8-20-21-9-13/h1-6,8-10H,7H2,(H,20,21). The summed E-state index contributed by atoms with van der Waals surface area (Å²) in [7, 11) is 0. The Morgan fingerprint density at radius 3 is 2.96 bits per heavy atom. The highest BCUT2D eigenvalue weighted by molar-refractivity contribution is 5.79. The lowest BCUT2D eigenvalue weighted by Gasteiger charge is -2.03. The van der Waals surface area contributed by atoms with Crippen molar-refractivity contribution in [2.75, 3.05) is 0 Å². The van der Waals surface area contributed by atoms with Crippen molar-refractivity contribution < 1.29 is 0 Å². The average Bonchev–Trinajstić information content (AvgIpc) is 3.32. The summed E-state index contributed by atoms with van der Waals surface area (Å²) in [5.41, 5.74) is 3.67. The van der Waals surface area contributed by atoms with Gasteiger partial charge in [-0.3, -0.25) is 10.1 Å². The van der Waals surface area contributed by atoms with E-state index in [-0.39, 0.29) is 0 Å². The molecule has 5 aromatic rings. The van der Waals surface area contributed by atoms with Gasteiger partial charge >= 0.3 is 0 Å². The van der Waals surface area contributed by atoms with Crippen molar-refractivity contribution in [1.29, 1.82) is 0 Å². The van der Waals surface area contributed by atoms with Crippen LogP contribution in [0.3, 0.4) is 0 Å². The zero-order valence-corrected chi connectivity index (χ0v) is 13.0. The third kappa shape index (κ3) is 2.40. The minimum atomic E-state index is 0.477. The van der Waals surface area contributed by atoms with Crippen LogP contribution in [0.25, 0.3) is 27.9 Å². The topological polar surface area (TPSA) is 97.5 Å². The van der Waals surface area contributed by atoms with Crippen LogP contribution in [-0.4, -0.2) is 40.0 Å². The van der Waals surface area contributed by atoms with Gasteiger partial charge in [-0.1, -0.05) is 12.1 Å². The lowest BCUT2D eigenvalue weighted by molar-refractivity contribution is 0.830. The van der Waals surface area contributed by atoms with E-state index < -0.39 is 0 Å². The molecule has 4 aromatic heterocycles. The number of nitrogens with one attached hydrogen (secondary N) is 1. The van der Waals surface area contributed by atoms with Crippen LogP contribution >= 0.6 is 0 Å².